The second-order valence-electron chi connectivity index (χ2n) is 5.27. The molecule has 0 aromatic heterocycles. The second kappa shape index (κ2) is 5.72. The molecule has 0 radical (unpaired) electrons. The van der Waals surface area contributed by atoms with Gasteiger partial charge in [0.2, 0.25) is 0 Å². The molecule has 3 heteroatoms. The van der Waals surface area contributed by atoms with Crippen LogP contribution in [0, 0.1) is 0 Å². The molecule has 0 bridgehead atoms. The maximum atomic E-state index is 6.44. The quantitative estimate of drug-likeness (QED) is 0.890. The maximum Gasteiger partial charge on any atom is 0.124 e. The van der Waals surface area contributed by atoms with Crippen LogP contribution in [0.1, 0.15) is 38.8 Å². The van der Waals surface area contributed by atoms with Crippen LogP contribution in [0.15, 0.2) is 24.3 Å². The van der Waals surface area contributed by atoms with Crippen LogP contribution >= 0.6 is 0 Å². The zero-order chi connectivity index (χ0) is 13.1. The Bertz CT molecular complexity index is 392. The van der Waals surface area contributed by atoms with E-state index in [0.29, 0.717) is 12.6 Å². The minimum Gasteiger partial charge on any atom is -0.492 e. The van der Waals surface area contributed by atoms with Crippen LogP contribution in [-0.4, -0.2) is 30.1 Å². The Balaban J connectivity index is 2.22. The molecule has 0 saturated heterocycles. The molecule has 100 valence electrons. The lowest BCUT2D eigenvalue weighted by molar-refractivity contribution is 0.0730. The zero-order valence-corrected chi connectivity index (χ0v) is 11.6. The predicted molar refractivity (Wildman–Crippen MR) is 74.8 cm³/mol. The normalized spacial score (nSPS) is 23.0. The molecule has 1 aromatic rings. The Labute approximate surface area is 110 Å². The Hall–Kier alpha value is -1.06. The fourth-order valence-corrected chi connectivity index (χ4v) is 2.74. The van der Waals surface area contributed by atoms with E-state index < -0.39 is 0 Å². The SMILES string of the molecule is CCCN(C(C)C)C1COc2ccccc2C1N. The second-order valence-corrected chi connectivity index (χ2v) is 5.27. The molecule has 3 nitrogen and oxygen atoms in total. The number of rotatable bonds is 4. The topological polar surface area (TPSA) is 38.5 Å². The Morgan fingerprint density at radius 3 is 2.78 bits per heavy atom. The standard InChI is InChI=1S/C15H24N2O/c1-4-9-17(11(2)3)13-10-18-14-8-6-5-7-12(14)15(13)16/h5-8,11,13,15H,4,9-10,16H2,1-3H3. The van der Waals surface area contributed by atoms with Gasteiger partial charge < -0.3 is 10.5 Å². The van der Waals surface area contributed by atoms with Crippen molar-refractivity contribution in [1.29, 1.82) is 0 Å². The van der Waals surface area contributed by atoms with E-state index >= 15 is 0 Å². The van der Waals surface area contributed by atoms with Crippen molar-refractivity contribution in [3.63, 3.8) is 0 Å². The first-order valence-electron chi connectivity index (χ1n) is 6.88. The number of ether oxygens (including phenoxy) is 1. The number of nitrogens with zero attached hydrogens (tertiary/aromatic N) is 1. The lowest BCUT2D eigenvalue weighted by Gasteiger charge is -2.41. The van der Waals surface area contributed by atoms with Crippen molar-refractivity contribution in [2.45, 2.75) is 45.3 Å². The highest BCUT2D eigenvalue weighted by atomic mass is 16.5. The minimum absolute atomic E-state index is 0.0453. The highest BCUT2D eigenvalue weighted by molar-refractivity contribution is 5.38. The van der Waals surface area contributed by atoms with E-state index in [1.807, 2.05) is 18.2 Å². The van der Waals surface area contributed by atoms with Crippen molar-refractivity contribution in [3.8, 4) is 5.75 Å². The maximum absolute atomic E-state index is 6.44. The molecule has 0 amide bonds. The van der Waals surface area contributed by atoms with Gasteiger partial charge in [-0.2, -0.15) is 0 Å². The fraction of sp³-hybridized carbons (Fsp3) is 0.600. The van der Waals surface area contributed by atoms with Crippen molar-refractivity contribution in [2.75, 3.05) is 13.2 Å². The molecule has 0 fully saturated rings. The summed E-state index contributed by atoms with van der Waals surface area (Å²) in [4.78, 5) is 2.46. The van der Waals surface area contributed by atoms with E-state index in [-0.39, 0.29) is 12.1 Å². The van der Waals surface area contributed by atoms with Gasteiger partial charge in [-0.25, -0.2) is 0 Å². The van der Waals surface area contributed by atoms with Crippen LogP contribution < -0.4 is 10.5 Å². The largest absolute Gasteiger partial charge is 0.492 e. The average molecular weight is 248 g/mol. The summed E-state index contributed by atoms with van der Waals surface area (Å²) in [5, 5.41) is 0. The molecular weight excluding hydrogens is 224 g/mol. The van der Waals surface area contributed by atoms with Gasteiger partial charge >= 0.3 is 0 Å². The summed E-state index contributed by atoms with van der Waals surface area (Å²) in [6.45, 7) is 8.42. The van der Waals surface area contributed by atoms with Crippen molar-refractivity contribution in [2.24, 2.45) is 5.73 Å². The summed E-state index contributed by atoms with van der Waals surface area (Å²) in [5.74, 6) is 0.946. The third kappa shape index (κ3) is 2.52. The van der Waals surface area contributed by atoms with Gasteiger partial charge in [-0.1, -0.05) is 25.1 Å². The highest BCUT2D eigenvalue weighted by Crippen LogP contribution is 2.33. The number of fused-ring (bicyclic) bond motifs is 1. The number of nitrogens with two attached hydrogens (primary N) is 1. The van der Waals surface area contributed by atoms with Gasteiger partial charge in [0.05, 0.1) is 12.1 Å². The third-order valence-electron chi connectivity index (χ3n) is 3.67. The Morgan fingerprint density at radius 1 is 1.39 bits per heavy atom. The molecule has 2 rings (SSSR count). The van der Waals surface area contributed by atoms with Gasteiger partial charge in [0.1, 0.15) is 12.4 Å². The Morgan fingerprint density at radius 2 is 2.11 bits per heavy atom. The van der Waals surface area contributed by atoms with Crippen molar-refractivity contribution in [3.05, 3.63) is 29.8 Å². The average Bonchev–Trinajstić information content (AvgIpc) is 2.37. The molecule has 0 spiro atoms. The molecule has 2 N–H and O–H groups in total. The lowest BCUT2D eigenvalue weighted by Crippen LogP contribution is -2.51. The van der Waals surface area contributed by atoms with Crippen LogP contribution in [-0.2, 0) is 0 Å². The van der Waals surface area contributed by atoms with E-state index in [1.165, 1.54) is 0 Å². The summed E-state index contributed by atoms with van der Waals surface area (Å²) in [6, 6.07) is 8.93. The molecule has 0 aliphatic carbocycles. The molecule has 1 aromatic carbocycles. The first-order chi connectivity index (χ1) is 8.65. The minimum atomic E-state index is 0.0453. The van der Waals surface area contributed by atoms with Crippen LogP contribution in [0.2, 0.25) is 0 Å². The van der Waals surface area contributed by atoms with Crippen molar-refractivity contribution >= 4 is 0 Å². The predicted octanol–water partition coefficient (Wildman–Crippen LogP) is 2.57. The highest BCUT2D eigenvalue weighted by Gasteiger charge is 2.33. The van der Waals surface area contributed by atoms with E-state index in [0.717, 1.165) is 24.3 Å². The monoisotopic (exact) mass is 248 g/mol. The van der Waals surface area contributed by atoms with Gasteiger partial charge in [-0.05, 0) is 32.9 Å². The number of hydrogen-bond donors (Lipinski definition) is 1. The van der Waals surface area contributed by atoms with Gasteiger partial charge in [0.25, 0.3) is 0 Å². The van der Waals surface area contributed by atoms with E-state index in [4.69, 9.17) is 10.5 Å². The van der Waals surface area contributed by atoms with E-state index in [2.05, 4.69) is 31.7 Å². The summed E-state index contributed by atoms with van der Waals surface area (Å²) in [7, 11) is 0. The molecule has 1 heterocycles. The molecular formula is C15H24N2O. The smallest absolute Gasteiger partial charge is 0.124 e. The van der Waals surface area contributed by atoms with E-state index in [1.54, 1.807) is 0 Å². The molecule has 18 heavy (non-hydrogen) atoms. The van der Waals surface area contributed by atoms with Crippen LogP contribution in [0.3, 0.4) is 0 Å². The van der Waals surface area contributed by atoms with Gasteiger partial charge in [0.15, 0.2) is 0 Å². The van der Waals surface area contributed by atoms with Crippen LogP contribution in [0.4, 0.5) is 0 Å². The first-order valence-corrected chi connectivity index (χ1v) is 6.88. The van der Waals surface area contributed by atoms with E-state index in [9.17, 15) is 0 Å². The molecule has 1 aliphatic rings. The molecule has 1 aliphatic heterocycles. The number of benzene rings is 1. The number of para-hydroxylation sites is 1. The summed E-state index contributed by atoms with van der Waals surface area (Å²) in [5.41, 5.74) is 7.57. The van der Waals surface area contributed by atoms with Gasteiger partial charge in [-0.15, -0.1) is 0 Å². The van der Waals surface area contributed by atoms with Crippen molar-refractivity contribution < 1.29 is 4.74 Å². The zero-order valence-electron chi connectivity index (χ0n) is 11.6. The fourth-order valence-electron chi connectivity index (χ4n) is 2.74. The van der Waals surface area contributed by atoms with Gasteiger partial charge in [0, 0.05) is 11.6 Å². The molecule has 2 unspecified atom stereocenters. The summed E-state index contributed by atoms with van der Waals surface area (Å²) in [6.07, 6.45) is 1.14. The summed E-state index contributed by atoms with van der Waals surface area (Å²) < 4.78 is 5.86. The molecule has 2 atom stereocenters. The van der Waals surface area contributed by atoms with Crippen molar-refractivity contribution in [1.82, 2.24) is 4.90 Å². The van der Waals surface area contributed by atoms with Crippen LogP contribution in [0.25, 0.3) is 0 Å². The molecule has 0 saturated carbocycles. The summed E-state index contributed by atoms with van der Waals surface area (Å²) >= 11 is 0. The van der Waals surface area contributed by atoms with Gasteiger partial charge in [-0.3, -0.25) is 4.90 Å². The lowest BCUT2D eigenvalue weighted by atomic mass is 9.95. The third-order valence-corrected chi connectivity index (χ3v) is 3.67. The number of hydrogen-bond acceptors (Lipinski definition) is 3. The Kier molecular flexibility index (Phi) is 4.25. The first kappa shape index (κ1) is 13.4. The van der Waals surface area contributed by atoms with Crippen LogP contribution in [0.5, 0.6) is 5.75 Å².